The van der Waals surface area contributed by atoms with Gasteiger partial charge in [-0.1, -0.05) is 56.4 Å². The van der Waals surface area contributed by atoms with Gasteiger partial charge in [-0.3, -0.25) is 10.1 Å². The second kappa shape index (κ2) is 6.71. The summed E-state index contributed by atoms with van der Waals surface area (Å²) in [5.41, 5.74) is 1.98. The van der Waals surface area contributed by atoms with Crippen molar-refractivity contribution in [3.8, 4) is 0 Å². The molecule has 2 aliphatic rings. The lowest BCUT2D eigenvalue weighted by Crippen LogP contribution is -2.32. The molecule has 25 heavy (non-hydrogen) atoms. The molecule has 3 rings (SSSR count). The van der Waals surface area contributed by atoms with Gasteiger partial charge in [0.1, 0.15) is 5.76 Å². The molecule has 0 amide bonds. The number of aliphatic hydroxyl groups excluding tert-OH is 1. The Hall–Kier alpha value is -2.62. The quantitative estimate of drug-likeness (QED) is 0.586. The van der Waals surface area contributed by atoms with E-state index in [-0.39, 0.29) is 27.9 Å². The van der Waals surface area contributed by atoms with E-state index >= 15 is 0 Å². The monoisotopic (exact) mass is 337 g/mol. The molecule has 0 heterocycles. The van der Waals surface area contributed by atoms with Crippen molar-refractivity contribution >= 4 is 5.69 Å². The Morgan fingerprint density at radius 2 is 1.84 bits per heavy atom. The van der Waals surface area contributed by atoms with Gasteiger partial charge >= 0.3 is 0 Å². The third kappa shape index (κ3) is 3.29. The summed E-state index contributed by atoms with van der Waals surface area (Å²) in [6.45, 7) is 4.30. The molecule has 1 N–H and O–H groups in total. The molecule has 3 atom stereocenters. The first-order valence-corrected chi connectivity index (χ1v) is 8.65. The van der Waals surface area contributed by atoms with Crippen molar-refractivity contribution in [1.82, 2.24) is 0 Å². The van der Waals surface area contributed by atoms with E-state index < -0.39 is 0 Å². The second-order valence-corrected chi connectivity index (χ2v) is 7.05. The van der Waals surface area contributed by atoms with Crippen LogP contribution in [0.1, 0.15) is 25.8 Å². The number of aliphatic hydroxyl groups is 1. The average Bonchev–Trinajstić information content (AvgIpc) is 2.61. The summed E-state index contributed by atoms with van der Waals surface area (Å²) in [5.74, 6) is 0.795. The number of nitro groups is 1. The zero-order valence-electron chi connectivity index (χ0n) is 14.6. The Bertz CT molecular complexity index is 786. The highest BCUT2D eigenvalue weighted by Crippen LogP contribution is 2.46. The highest BCUT2D eigenvalue weighted by molar-refractivity contribution is 5.41. The fourth-order valence-corrected chi connectivity index (χ4v) is 3.87. The van der Waals surface area contributed by atoms with Gasteiger partial charge in [0.05, 0.1) is 4.92 Å². The zero-order chi connectivity index (χ0) is 18.0. The molecule has 0 bridgehead atoms. The molecule has 0 aliphatic heterocycles. The van der Waals surface area contributed by atoms with Crippen LogP contribution in [0.25, 0.3) is 0 Å². The lowest BCUT2D eigenvalue weighted by atomic mass is 9.64. The van der Waals surface area contributed by atoms with Crippen LogP contribution in [0.2, 0.25) is 0 Å². The predicted molar refractivity (Wildman–Crippen MR) is 99.3 cm³/mol. The third-order valence-corrected chi connectivity index (χ3v) is 5.44. The van der Waals surface area contributed by atoms with Crippen LogP contribution >= 0.6 is 0 Å². The van der Waals surface area contributed by atoms with Gasteiger partial charge in [0.15, 0.2) is 0 Å². The third-order valence-electron chi connectivity index (χ3n) is 5.44. The van der Waals surface area contributed by atoms with Crippen LogP contribution in [-0.2, 0) is 6.42 Å². The molecule has 1 aromatic carbocycles. The fraction of sp³-hybridized carbons (Fsp3) is 0.333. The minimum atomic E-state index is -0.382. The van der Waals surface area contributed by atoms with Crippen molar-refractivity contribution in [2.24, 2.45) is 17.3 Å². The summed E-state index contributed by atoms with van der Waals surface area (Å²) in [6.07, 6.45) is 13.9. The fourth-order valence-electron chi connectivity index (χ4n) is 3.87. The summed E-state index contributed by atoms with van der Waals surface area (Å²) in [5, 5.41) is 21.5. The van der Waals surface area contributed by atoms with Gasteiger partial charge in [0, 0.05) is 24.0 Å². The molecule has 0 spiro atoms. The lowest BCUT2D eigenvalue weighted by molar-refractivity contribution is -0.384. The van der Waals surface area contributed by atoms with E-state index in [1.54, 1.807) is 12.1 Å². The molecular formula is C21H23NO3. The summed E-state index contributed by atoms with van der Waals surface area (Å²) in [6, 6.07) is 6.73. The van der Waals surface area contributed by atoms with E-state index in [0.717, 1.165) is 24.0 Å². The van der Waals surface area contributed by atoms with E-state index in [1.165, 1.54) is 0 Å². The summed E-state index contributed by atoms with van der Waals surface area (Å²) in [7, 11) is 0. The first-order chi connectivity index (χ1) is 11.9. The van der Waals surface area contributed by atoms with Crippen molar-refractivity contribution < 1.29 is 10.0 Å². The number of rotatable bonds is 5. The molecule has 4 nitrogen and oxygen atoms in total. The van der Waals surface area contributed by atoms with Gasteiger partial charge in [-0.2, -0.15) is 0 Å². The van der Waals surface area contributed by atoms with E-state index in [1.807, 2.05) is 36.4 Å². The van der Waals surface area contributed by atoms with Crippen LogP contribution in [0.15, 0.2) is 72.1 Å². The first-order valence-electron chi connectivity index (χ1n) is 8.65. The highest BCUT2D eigenvalue weighted by Gasteiger charge is 2.38. The maximum atomic E-state index is 10.8. The molecular weight excluding hydrogens is 314 g/mol. The summed E-state index contributed by atoms with van der Waals surface area (Å²) in [4.78, 5) is 10.5. The number of allylic oxidation sites excluding steroid dienone is 7. The Kier molecular flexibility index (Phi) is 4.62. The smallest absolute Gasteiger partial charge is 0.269 e. The Labute approximate surface area is 148 Å². The van der Waals surface area contributed by atoms with Crippen molar-refractivity contribution in [1.29, 1.82) is 0 Å². The predicted octanol–water partition coefficient (Wildman–Crippen LogP) is 5.29. The van der Waals surface area contributed by atoms with E-state index in [0.29, 0.717) is 5.76 Å². The highest BCUT2D eigenvalue weighted by atomic mass is 16.6. The van der Waals surface area contributed by atoms with Crippen molar-refractivity contribution in [3.05, 3.63) is 87.7 Å². The molecule has 4 heteroatoms. The number of hydrogen-bond acceptors (Lipinski definition) is 3. The van der Waals surface area contributed by atoms with Gasteiger partial charge in [-0.25, -0.2) is 0 Å². The van der Waals surface area contributed by atoms with Crippen LogP contribution in [0.4, 0.5) is 5.69 Å². The average molecular weight is 337 g/mol. The number of fused-ring (bicyclic) bond motifs is 1. The maximum absolute atomic E-state index is 10.8. The molecule has 0 radical (unpaired) electrons. The number of nitro benzene ring substituents is 1. The molecule has 0 aromatic heterocycles. The molecule has 0 fully saturated rings. The number of hydrogen-bond donors (Lipinski definition) is 1. The Morgan fingerprint density at radius 3 is 2.48 bits per heavy atom. The van der Waals surface area contributed by atoms with Gasteiger partial charge in [-0.15, -0.1) is 0 Å². The van der Waals surface area contributed by atoms with Crippen LogP contribution in [0.5, 0.6) is 0 Å². The SMILES string of the molecule is CCC(C)(Cc1ccc([N+](=O)[O-])cc1)C1=C(O)C=CC2C=CC=CC12. The van der Waals surface area contributed by atoms with Gasteiger partial charge in [-0.05, 0) is 35.5 Å². The lowest BCUT2D eigenvalue weighted by Gasteiger charge is -2.40. The number of non-ortho nitro benzene ring substituents is 1. The van der Waals surface area contributed by atoms with Crippen molar-refractivity contribution in [2.75, 3.05) is 0 Å². The molecule has 2 aliphatic carbocycles. The molecule has 1 aromatic rings. The van der Waals surface area contributed by atoms with E-state index in [4.69, 9.17) is 0 Å². The minimum absolute atomic E-state index is 0.102. The van der Waals surface area contributed by atoms with Gasteiger partial charge < -0.3 is 5.11 Å². The Balaban J connectivity index is 1.93. The van der Waals surface area contributed by atoms with E-state index in [2.05, 4.69) is 26.0 Å². The van der Waals surface area contributed by atoms with Crippen LogP contribution < -0.4 is 0 Å². The number of nitrogens with zero attached hydrogens (tertiary/aromatic N) is 1. The van der Waals surface area contributed by atoms with Gasteiger partial charge in [0.25, 0.3) is 5.69 Å². The standard InChI is InChI=1S/C21H23NO3/c1-3-21(2,14-15-8-11-17(12-9-15)22(24)25)20-18-7-5-4-6-16(18)10-13-19(20)23/h4-13,16,18,23H,3,14H2,1-2H3. The van der Waals surface area contributed by atoms with E-state index in [9.17, 15) is 15.2 Å². The molecule has 0 saturated heterocycles. The molecule has 3 unspecified atom stereocenters. The largest absolute Gasteiger partial charge is 0.508 e. The first kappa shape index (κ1) is 17.2. The maximum Gasteiger partial charge on any atom is 0.269 e. The number of benzene rings is 1. The topological polar surface area (TPSA) is 63.4 Å². The summed E-state index contributed by atoms with van der Waals surface area (Å²) >= 11 is 0. The van der Waals surface area contributed by atoms with Crippen molar-refractivity contribution in [2.45, 2.75) is 26.7 Å². The zero-order valence-corrected chi connectivity index (χ0v) is 14.6. The van der Waals surface area contributed by atoms with Crippen LogP contribution in [0, 0.1) is 27.4 Å². The van der Waals surface area contributed by atoms with Gasteiger partial charge in [0.2, 0.25) is 0 Å². The van der Waals surface area contributed by atoms with Crippen molar-refractivity contribution in [3.63, 3.8) is 0 Å². The Morgan fingerprint density at radius 1 is 1.16 bits per heavy atom. The molecule has 0 saturated carbocycles. The normalized spacial score (nSPS) is 24.1. The minimum Gasteiger partial charge on any atom is -0.508 e. The second-order valence-electron chi connectivity index (χ2n) is 7.05. The summed E-state index contributed by atoms with van der Waals surface area (Å²) < 4.78 is 0. The van der Waals surface area contributed by atoms with Crippen LogP contribution in [-0.4, -0.2) is 10.0 Å². The molecule has 130 valence electrons. The van der Waals surface area contributed by atoms with Crippen LogP contribution in [0.3, 0.4) is 0 Å².